The Hall–Kier alpha value is -1.13. The van der Waals surface area contributed by atoms with Crippen LogP contribution in [0.1, 0.15) is 18.0 Å². The molecule has 0 fully saturated rings. The van der Waals surface area contributed by atoms with Gasteiger partial charge < -0.3 is 15.6 Å². The Morgan fingerprint density at radius 1 is 1.62 bits per heavy atom. The lowest BCUT2D eigenvalue weighted by Crippen LogP contribution is -2.12. The van der Waals surface area contributed by atoms with Crippen LogP contribution in [0, 0.1) is 0 Å². The molecule has 4 nitrogen and oxygen atoms in total. The van der Waals surface area contributed by atoms with Crippen LogP contribution in [-0.4, -0.2) is 23.8 Å². The minimum absolute atomic E-state index is 0.0817. The summed E-state index contributed by atoms with van der Waals surface area (Å²) < 4.78 is 5.00. The van der Waals surface area contributed by atoms with Crippen molar-refractivity contribution in [3.05, 3.63) is 24.0 Å². The van der Waals surface area contributed by atoms with Crippen LogP contribution in [0.5, 0.6) is 5.75 Å². The number of aliphatic hydroxyl groups is 1. The van der Waals surface area contributed by atoms with Crippen LogP contribution in [0.2, 0.25) is 0 Å². The van der Waals surface area contributed by atoms with E-state index in [2.05, 4.69) is 4.98 Å². The Morgan fingerprint density at radius 3 is 3.00 bits per heavy atom. The van der Waals surface area contributed by atoms with E-state index in [1.54, 1.807) is 19.5 Å². The van der Waals surface area contributed by atoms with Crippen LogP contribution in [0.15, 0.2) is 18.5 Å². The summed E-state index contributed by atoms with van der Waals surface area (Å²) in [6.45, 7) is 0.0817. The lowest BCUT2D eigenvalue weighted by Gasteiger charge is -2.10. The summed E-state index contributed by atoms with van der Waals surface area (Å²) >= 11 is 0. The van der Waals surface area contributed by atoms with Crippen LogP contribution >= 0.6 is 0 Å². The van der Waals surface area contributed by atoms with Crippen molar-refractivity contribution in [1.29, 1.82) is 0 Å². The standard InChI is InChI=1S/C9H14N2O2/c1-13-8-4-7(5-11-6-8)9(10)2-3-12/h4-6,9,12H,2-3,10H2,1H3. The Balaban J connectivity index is 2.75. The van der Waals surface area contributed by atoms with E-state index in [-0.39, 0.29) is 12.6 Å². The molecule has 0 aliphatic rings. The zero-order valence-electron chi connectivity index (χ0n) is 7.60. The molecule has 72 valence electrons. The first-order valence-electron chi connectivity index (χ1n) is 4.13. The summed E-state index contributed by atoms with van der Waals surface area (Å²) in [5.74, 6) is 0.686. The van der Waals surface area contributed by atoms with E-state index in [9.17, 15) is 0 Å². The molecule has 1 unspecified atom stereocenters. The third-order valence-electron chi connectivity index (χ3n) is 1.84. The fraction of sp³-hybridized carbons (Fsp3) is 0.444. The van der Waals surface area contributed by atoms with E-state index in [0.29, 0.717) is 12.2 Å². The van der Waals surface area contributed by atoms with Gasteiger partial charge in [0.15, 0.2) is 0 Å². The first-order chi connectivity index (χ1) is 6.27. The van der Waals surface area contributed by atoms with E-state index >= 15 is 0 Å². The minimum Gasteiger partial charge on any atom is -0.495 e. The summed E-state index contributed by atoms with van der Waals surface area (Å²) in [7, 11) is 1.58. The van der Waals surface area contributed by atoms with E-state index in [4.69, 9.17) is 15.6 Å². The van der Waals surface area contributed by atoms with Gasteiger partial charge in [-0.15, -0.1) is 0 Å². The molecule has 1 aromatic rings. The summed E-state index contributed by atoms with van der Waals surface area (Å²) in [6.07, 6.45) is 3.84. The van der Waals surface area contributed by atoms with Crippen LogP contribution < -0.4 is 10.5 Å². The van der Waals surface area contributed by atoms with Gasteiger partial charge in [0, 0.05) is 18.8 Å². The first-order valence-corrected chi connectivity index (χ1v) is 4.13. The molecule has 1 heterocycles. The number of rotatable bonds is 4. The number of pyridine rings is 1. The molecule has 1 aromatic heterocycles. The Labute approximate surface area is 77.4 Å². The van der Waals surface area contributed by atoms with Gasteiger partial charge in [0.2, 0.25) is 0 Å². The summed E-state index contributed by atoms with van der Waals surface area (Å²) in [5.41, 5.74) is 6.66. The second-order valence-electron chi connectivity index (χ2n) is 2.78. The summed E-state index contributed by atoms with van der Waals surface area (Å²) in [6, 6.07) is 1.65. The topological polar surface area (TPSA) is 68.4 Å². The highest BCUT2D eigenvalue weighted by molar-refractivity contribution is 5.25. The number of ether oxygens (including phenoxy) is 1. The Kier molecular flexibility index (Phi) is 3.67. The zero-order valence-corrected chi connectivity index (χ0v) is 7.60. The molecule has 0 amide bonds. The highest BCUT2D eigenvalue weighted by atomic mass is 16.5. The minimum atomic E-state index is -0.174. The van der Waals surface area contributed by atoms with Crippen LogP contribution in [0.3, 0.4) is 0 Å². The van der Waals surface area contributed by atoms with Gasteiger partial charge in [-0.2, -0.15) is 0 Å². The predicted molar refractivity (Wildman–Crippen MR) is 49.4 cm³/mol. The molecule has 0 spiro atoms. The van der Waals surface area contributed by atoms with Crippen molar-refractivity contribution in [3.8, 4) is 5.75 Å². The van der Waals surface area contributed by atoms with Crippen molar-refractivity contribution >= 4 is 0 Å². The van der Waals surface area contributed by atoms with Crippen LogP contribution in [-0.2, 0) is 0 Å². The highest BCUT2D eigenvalue weighted by Gasteiger charge is 2.06. The first kappa shape index (κ1) is 9.95. The van der Waals surface area contributed by atoms with Crippen molar-refractivity contribution in [2.24, 2.45) is 5.73 Å². The lowest BCUT2D eigenvalue weighted by atomic mass is 10.1. The number of aromatic nitrogens is 1. The van der Waals surface area contributed by atoms with Gasteiger partial charge in [-0.25, -0.2) is 0 Å². The van der Waals surface area contributed by atoms with Gasteiger partial charge in [-0.3, -0.25) is 4.98 Å². The van der Waals surface area contributed by atoms with Crippen molar-refractivity contribution in [2.75, 3.05) is 13.7 Å². The number of hydrogen-bond donors (Lipinski definition) is 2. The molecule has 0 aromatic carbocycles. The second kappa shape index (κ2) is 4.79. The van der Waals surface area contributed by atoms with Gasteiger partial charge in [0.05, 0.1) is 13.3 Å². The molecule has 13 heavy (non-hydrogen) atoms. The van der Waals surface area contributed by atoms with Crippen LogP contribution in [0.4, 0.5) is 0 Å². The molecular weight excluding hydrogens is 168 g/mol. The van der Waals surface area contributed by atoms with Crippen molar-refractivity contribution in [3.63, 3.8) is 0 Å². The van der Waals surface area contributed by atoms with E-state index in [0.717, 1.165) is 5.56 Å². The van der Waals surface area contributed by atoms with E-state index < -0.39 is 0 Å². The molecule has 1 rings (SSSR count). The van der Waals surface area contributed by atoms with Crippen molar-refractivity contribution in [2.45, 2.75) is 12.5 Å². The maximum atomic E-state index is 8.69. The number of hydrogen-bond acceptors (Lipinski definition) is 4. The molecule has 0 saturated heterocycles. The highest BCUT2D eigenvalue weighted by Crippen LogP contribution is 2.17. The maximum Gasteiger partial charge on any atom is 0.137 e. The maximum absolute atomic E-state index is 8.69. The van der Waals surface area contributed by atoms with Gasteiger partial charge in [0.1, 0.15) is 5.75 Å². The lowest BCUT2D eigenvalue weighted by molar-refractivity contribution is 0.276. The number of nitrogens with two attached hydrogens (primary N) is 1. The largest absolute Gasteiger partial charge is 0.495 e. The number of methoxy groups -OCH3 is 1. The van der Waals surface area contributed by atoms with Crippen LogP contribution in [0.25, 0.3) is 0 Å². The van der Waals surface area contributed by atoms with Gasteiger partial charge >= 0.3 is 0 Å². The molecule has 4 heteroatoms. The summed E-state index contributed by atoms with van der Waals surface area (Å²) in [5, 5.41) is 8.69. The number of nitrogens with zero attached hydrogens (tertiary/aromatic N) is 1. The fourth-order valence-corrected chi connectivity index (χ4v) is 1.06. The second-order valence-corrected chi connectivity index (χ2v) is 2.78. The smallest absolute Gasteiger partial charge is 0.137 e. The van der Waals surface area contributed by atoms with Gasteiger partial charge in [-0.1, -0.05) is 0 Å². The van der Waals surface area contributed by atoms with Gasteiger partial charge in [0.25, 0.3) is 0 Å². The third-order valence-corrected chi connectivity index (χ3v) is 1.84. The molecule has 1 atom stereocenters. The summed E-state index contributed by atoms with van der Waals surface area (Å²) in [4.78, 5) is 3.97. The molecule has 0 bridgehead atoms. The zero-order chi connectivity index (χ0) is 9.68. The molecule has 0 radical (unpaired) electrons. The van der Waals surface area contributed by atoms with E-state index in [1.165, 1.54) is 0 Å². The molecule has 0 aliphatic heterocycles. The quantitative estimate of drug-likeness (QED) is 0.710. The van der Waals surface area contributed by atoms with E-state index in [1.807, 2.05) is 6.07 Å². The molecule has 0 saturated carbocycles. The predicted octanol–water partition coefficient (Wildman–Crippen LogP) is 0.472. The third kappa shape index (κ3) is 2.68. The average Bonchev–Trinajstić information content (AvgIpc) is 2.18. The Morgan fingerprint density at radius 2 is 2.38 bits per heavy atom. The molecule has 0 aliphatic carbocycles. The average molecular weight is 182 g/mol. The van der Waals surface area contributed by atoms with Crippen molar-refractivity contribution < 1.29 is 9.84 Å². The van der Waals surface area contributed by atoms with Gasteiger partial charge in [-0.05, 0) is 18.1 Å². The fourth-order valence-electron chi connectivity index (χ4n) is 1.06. The molecular formula is C9H14N2O2. The molecule has 3 N–H and O–H groups in total. The Bertz CT molecular complexity index is 266. The normalized spacial score (nSPS) is 12.5. The number of aliphatic hydroxyl groups excluding tert-OH is 1. The SMILES string of the molecule is COc1cncc(C(N)CCO)c1. The van der Waals surface area contributed by atoms with Crippen molar-refractivity contribution in [1.82, 2.24) is 4.98 Å². The monoisotopic (exact) mass is 182 g/mol.